The second-order valence-corrected chi connectivity index (χ2v) is 8.04. The fourth-order valence-corrected chi connectivity index (χ4v) is 4.32. The van der Waals surface area contributed by atoms with Crippen LogP contribution in [0.4, 0.5) is 0 Å². The van der Waals surface area contributed by atoms with Crippen LogP contribution in [0.25, 0.3) is 0 Å². The highest BCUT2D eigenvalue weighted by atomic mass is 16.2. The zero-order chi connectivity index (χ0) is 18.1. The Kier molecular flexibility index (Phi) is 5.28. The van der Waals surface area contributed by atoms with Crippen LogP contribution in [0.3, 0.4) is 0 Å². The lowest BCUT2D eigenvalue weighted by molar-refractivity contribution is -0.145. The van der Waals surface area contributed by atoms with E-state index in [9.17, 15) is 9.59 Å². The largest absolute Gasteiger partial charge is 0.324 e. The molecule has 0 aromatic heterocycles. The van der Waals surface area contributed by atoms with Crippen molar-refractivity contribution in [3.8, 4) is 0 Å². The normalized spacial score (nSPS) is 26.4. The van der Waals surface area contributed by atoms with E-state index in [2.05, 4.69) is 31.3 Å². The fourth-order valence-electron chi connectivity index (χ4n) is 4.32. The maximum atomic E-state index is 13.4. The van der Waals surface area contributed by atoms with Gasteiger partial charge in [-0.05, 0) is 30.4 Å². The van der Waals surface area contributed by atoms with Crippen molar-refractivity contribution in [3.63, 3.8) is 0 Å². The van der Waals surface area contributed by atoms with Gasteiger partial charge in [-0.1, -0.05) is 52.0 Å². The number of hydrogen-bond acceptors (Lipinski definition) is 3. The predicted octanol–water partition coefficient (Wildman–Crippen LogP) is 3.26. The third-order valence-corrected chi connectivity index (χ3v) is 5.45. The van der Waals surface area contributed by atoms with E-state index in [0.29, 0.717) is 6.42 Å². The maximum Gasteiger partial charge on any atom is 0.240 e. The number of hydrogen-bond donors (Lipinski definition) is 1. The Labute approximate surface area is 151 Å². The Hall–Kier alpha value is -1.68. The molecule has 2 aliphatic heterocycles. The van der Waals surface area contributed by atoms with Crippen LogP contribution in [0.1, 0.15) is 64.1 Å². The zero-order valence-corrected chi connectivity index (χ0v) is 15.8. The number of amides is 1. The van der Waals surface area contributed by atoms with Gasteiger partial charge in [-0.2, -0.15) is 0 Å². The molecule has 1 aromatic carbocycles. The minimum atomic E-state index is -0.332. The number of fused-ring (bicyclic) bond motifs is 3. The van der Waals surface area contributed by atoms with Gasteiger partial charge in [0.1, 0.15) is 0 Å². The minimum absolute atomic E-state index is 0.0316. The van der Waals surface area contributed by atoms with Crippen molar-refractivity contribution in [3.05, 3.63) is 35.4 Å². The molecule has 1 saturated heterocycles. The molecular weight excluding hydrogens is 312 g/mol. The lowest BCUT2D eigenvalue weighted by atomic mass is 9.83. The van der Waals surface area contributed by atoms with Crippen LogP contribution in [0.5, 0.6) is 0 Å². The number of benzene rings is 1. The van der Waals surface area contributed by atoms with E-state index in [1.54, 1.807) is 0 Å². The molecule has 4 heteroatoms. The summed E-state index contributed by atoms with van der Waals surface area (Å²) in [5.74, 6) is 0.214. The minimum Gasteiger partial charge on any atom is -0.324 e. The molecule has 4 nitrogen and oxygen atoms in total. The summed E-state index contributed by atoms with van der Waals surface area (Å²) in [5, 5.41) is 3.41. The van der Waals surface area contributed by atoms with Crippen LogP contribution >= 0.6 is 0 Å². The summed E-state index contributed by atoms with van der Waals surface area (Å²) in [6.07, 6.45) is 3.41. The lowest BCUT2D eigenvalue weighted by Gasteiger charge is -2.43. The first-order valence-electron chi connectivity index (χ1n) is 9.60. The van der Waals surface area contributed by atoms with Crippen molar-refractivity contribution in [1.29, 1.82) is 0 Å². The van der Waals surface area contributed by atoms with Gasteiger partial charge in [0.25, 0.3) is 0 Å². The Morgan fingerprint density at radius 2 is 1.88 bits per heavy atom. The standard InChI is InChI=1S/C21H30N2O2/c1-13(2)20(24)19-12-15-8-5-6-9-16(15)18-11-7-10-17(22-14(3)4)21(25)23(18)19/h5-6,8-9,13-14,17-19,22H,7,10-12H2,1-4H3/t17-,18?,19-/m0/s1. The molecule has 0 aliphatic carbocycles. The first kappa shape index (κ1) is 18.1. The maximum absolute atomic E-state index is 13.4. The van der Waals surface area contributed by atoms with Crippen LogP contribution in [-0.4, -0.2) is 34.7 Å². The Morgan fingerprint density at radius 3 is 2.56 bits per heavy atom. The monoisotopic (exact) mass is 342 g/mol. The Morgan fingerprint density at radius 1 is 1.16 bits per heavy atom. The molecule has 0 radical (unpaired) electrons. The number of carbonyl (C=O) groups is 2. The summed E-state index contributed by atoms with van der Waals surface area (Å²) < 4.78 is 0. The van der Waals surface area contributed by atoms with Crippen LogP contribution in [0.2, 0.25) is 0 Å². The summed E-state index contributed by atoms with van der Waals surface area (Å²) >= 11 is 0. The molecular formula is C21H30N2O2. The molecule has 1 N–H and O–H groups in total. The summed E-state index contributed by atoms with van der Waals surface area (Å²) in [5.41, 5.74) is 2.46. The molecule has 25 heavy (non-hydrogen) atoms. The van der Waals surface area contributed by atoms with E-state index in [-0.39, 0.29) is 41.8 Å². The van der Waals surface area contributed by atoms with Gasteiger partial charge in [0.2, 0.25) is 5.91 Å². The van der Waals surface area contributed by atoms with Crippen molar-refractivity contribution >= 4 is 11.7 Å². The number of rotatable bonds is 4. The van der Waals surface area contributed by atoms with Crippen molar-refractivity contribution in [2.24, 2.45) is 5.92 Å². The van der Waals surface area contributed by atoms with Gasteiger partial charge in [0, 0.05) is 18.4 Å². The van der Waals surface area contributed by atoms with E-state index in [0.717, 1.165) is 19.3 Å². The van der Waals surface area contributed by atoms with Crippen molar-refractivity contribution in [1.82, 2.24) is 10.2 Å². The number of Topliss-reactive ketones (excluding diaryl/α,β-unsaturated/α-hetero) is 1. The number of carbonyl (C=O) groups excluding carboxylic acids is 2. The smallest absolute Gasteiger partial charge is 0.240 e. The van der Waals surface area contributed by atoms with Crippen molar-refractivity contribution < 1.29 is 9.59 Å². The molecule has 3 rings (SSSR count). The molecule has 1 amide bonds. The molecule has 0 spiro atoms. The molecule has 1 fully saturated rings. The molecule has 1 unspecified atom stereocenters. The fraction of sp³-hybridized carbons (Fsp3) is 0.619. The summed E-state index contributed by atoms with van der Waals surface area (Å²) in [7, 11) is 0. The predicted molar refractivity (Wildman–Crippen MR) is 99.3 cm³/mol. The highest BCUT2D eigenvalue weighted by Crippen LogP contribution is 2.39. The van der Waals surface area contributed by atoms with E-state index in [4.69, 9.17) is 0 Å². The van der Waals surface area contributed by atoms with Gasteiger partial charge in [0.05, 0.1) is 18.1 Å². The van der Waals surface area contributed by atoms with E-state index < -0.39 is 0 Å². The quantitative estimate of drug-likeness (QED) is 0.914. The van der Waals surface area contributed by atoms with Gasteiger partial charge in [-0.15, -0.1) is 0 Å². The molecule has 2 aliphatic rings. The summed E-state index contributed by atoms with van der Waals surface area (Å²) in [6, 6.07) is 8.10. The Balaban J connectivity index is 2.02. The van der Waals surface area contributed by atoms with Crippen LogP contribution in [0, 0.1) is 5.92 Å². The highest BCUT2D eigenvalue weighted by Gasteiger charge is 2.44. The van der Waals surface area contributed by atoms with Crippen LogP contribution < -0.4 is 5.32 Å². The molecule has 1 aromatic rings. The number of nitrogens with one attached hydrogen (secondary N) is 1. The average Bonchev–Trinajstić information content (AvgIpc) is 2.73. The molecule has 136 valence electrons. The average molecular weight is 342 g/mol. The van der Waals surface area contributed by atoms with Gasteiger partial charge >= 0.3 is 0 Å². The molecule has 0 bridgehead atoms. The first-order chi connectivity index (χ1) is 11.9. The van der Waals surface area contributed by atoms with Crippen molar-refractivity contribution in [2.45, 2.75) is 77.5 Å². The van der Waals surface area contributed by atoms with Gasteiger partial charge in [0.15, 0.2) is 5.78 Å². The topological polar surface area (TPSA) is 49.4 Å². The van der Waals surface area contributed by atoms with Gasteiger partial charge in [-0.3, -0.25) is 9.59 Å². The Bertz CT molecular complexity index is 653. The van der Waals surface area contributed by atoms with E-state index in [1.807, 2.05) is 30.9 Å². The third kappa shape index (κ3) is 3.50. The summed E-state index contributed by atoms with van der Waals surface area (Å²) in [4.78, 5) is 28.2. The number of nitrogens with zero attached hydrogens (tertiary/aromatic N) is 1. The van der Waals surface area contributed by atoms with Crippen LogP contribution in [0.15, 0.2) is 24.3 Å². The lowest BCUT2D eigenvalue weighted by Crippen LogP contribution is -2.56. The van der Waals surface area contributed by atoms with Crippen molar-refractivity contribution in [2.75, 3.05) is 0 Å². The van der Waals surface area contributed by atoms with E-state index in [1.165, 1.54) is 11.1 Å². The van der Waals surface area contributed by atoms with Gasteiger partial charge < -0.3 is 10.2 Å². The first-order valence-corrected chi connectivity index (χ1v) is 9.60. The highest BCUT2D eigenvalue weighted by molar-refractivity contribution is 5.93. The third-order valence-electron chi connectivity index (χ3n) is 5.45. The second-order valence-electron chi connectivity index (χ2n) is 8.04. The molecule has 0 saturated carbocycles. The zero-order valence-electron chi connectivity index (χ0n) is 15.8. The second kappa shape index (κ2) is 7.28. The van der Waals surface area contributed by atoms with Crippen LogP contribution in [-0.2, 0) is 16.0 Å². The SMILES string of the molecule is CC(C)N[C@H]1CCCC2c3ccccc3C[C@@H](C(=O)C(C)C)N2C1=O. The molecule has 2 heterocycles. The van der Waals surface area contributed by atoms with E-state index >= 15 is 0 Å². The summed E-state index contributed by atoms with van der Waals surface area (Å²) in [6.45, 7) is 8.00. The van der Waals surface area contributed by atoms with Gasteiger partial charge in [-0.25, -0.2) is 0 Å². The number of ketones is 1. The molecule has 3 atom stereocenters.